The number of fused-ring (bicyclic) bond motifs is 1. The molecule has 0 spiro atoms. The van der Waals surface area contributed by atoms with Gasteiger partial charge in [-0.05, 0) is 19.3 Å². The molecule has 0 aromatic carbocycles. The SMILES string of the molecule is COCc1nc(NCCCNC(=O)C2CCC2)cc(N2CCn3c(nnc3C(F)(F)F)C2)n1. The van der Waals surface area contributed by atoms with Gasteiger partial charge >= 0.3 is 6.18 Å². The maximum absolute atomic E-state index is 13.1. The van der Waals surface area contributed by atoms with Gasteiger partial charge in [0, 0.05) is 45.3 Å². The summed E-state index contributed by atoms with van der Waals surface area (Å²) in [5, 5.41) is 13.2. The molecule has 3 heterocycles. The highest BCUT2D eigenvalue weighted by atomic mass is 19.4. The van der Waals surface area contributed by atoms with E-state index in [1.165, 1.54) is 7.11 Å². The maximum atomic E-state index is 13.1. The van der Waals surface area contributed by atoms with Crippen molar-refractivity contribution in [2.45, 2.75) is 51.6 Å². The fourth-order valence-electron chi connectivity index (χ4n) is 3.82. The van der Waals surface area contributed by atoms with Gasteiger partial charge in [0.15, 0.2) is 11.6 Å². The zero-order valence-electron chi connectivity index (χ0n) is 18.4. The Labute approximate surface area is 188 Å². The summed E-state index contributed by atoms with van der Waals surface area (Å²) in [4.78, 5) is 22.7. The lowest BCUT2D eigenvalue weighted by Crippen LogP contribution is -2.36. The van der Waals surface area contributed by atoms with E-state index in [0.717, 1.165) is 30.3 Å². The van der Waals surface area contributed by atoms with E-state index >= 15 is 0 Å². The summed E-state index contributed by atoms with van der Waals surface area (Å²) in [5.74, 6) is 1.16. The summed E-state index contributed by atoms with van der Waals surface area (Å²) in [6.07, 6.45) is -0.744. The lowest BCUT2D eigenvalue weighted by Gasteiger charge is -2.29. The molecule has 2 aliphatic rings. The molecule has 0 bridgehead atoms. The number of rotatable bonds is 9. The van der Waals surface area contributed by atoms with Crippen molar-refractivity contribution in [3.8, 4) is 0 Å². The van der Waals surface area contributed by atoms with Crippen LogP contribution in [0.1, 0.15) is 43.2 Å². The Bertz CT molecular complexity index is 977. The third kappa shape index (κ3) is 5.52. The van der Waals surface area contributed by atoms with Gasteiger partial charge < -0.3 is 24.8 Å². The molecule has 10 nitrogen and oxygen atoms in total. The van der Waals surface area contributed by atoms with E-state index in [1.807, 2.05) is 4.90 Å². The second-order valence-electron chi connectivity index (χ2n) is 8.17. The van der Waals surface area contributed by atoms with E-state index in [-0.39, 0.29) is 37.3 Å². The standard InChI is InChI=1S/C20H27F3N8O2/c1-33-12-15-26-14(24-6-3-7-25-18(32)13-4-2-5-13)10-16(27-15)30-8-9-31-17(11-30)28-29-19(31)20(21,22)23/h10,13H,2-9,11-12H2,1H3,(H,25,32)(H,24,26,27). The van der Waals surface area contributed by atoms with Gasteiger partial charge in [0.2, 0.25) is 11.7 Å². The van der Waals surface area contributed by atoms with Crippen molar-refractivity contribution in [3.63, 3.8) is 0 Å². The molecule has 1 amide bonds. The number of anilines is 2. The summed E-state index contributed by atoms with van der Waals surface area (Å²) >= 11 is 0. The number of carbonyl (C=O) groups is 1. The van der Waals surface area contributed by atoms with Crippen molar-refractivity contribution in [2.24, 2.45) is 5.92 Å². The highest BCUT2D eigenvalue weighted by Crippen LogP contribution is 2.30. The molecule has 0 saturated heterocycles. The Kier molecular flexibility index (Phi) is 6.96. The molecule has 1 saturated carbocycles. The molecule has 0 unspecified atom stereocenters. The van der Waals surface area contributed by atoms with Crippen LogP contribution in [0.5, 0.6) is 0 Å². The Morgan fingerprint density at radius 3 is 2.73 bits per heavy atom. The number of alkyl halides is 3. The normalized spacial score (nSPS) is 16.3. The monoisotopic (exact) mass is 468 g/mol. The first kappa shape index (κ1) is 23.2. The van der Waals surface area contributed by atoms with E-state index in [9.17, 15) is 18.0 Å². The van der Waals surface area contributed by atoms with Crippen LogP contribution in [0.15, 0.2) is 6.07 Å². The molecule has 0 atom stereocenters. The first-order valence-corrected chi connectivity index (χ1v) is 11.0. The van der Waals surface area contributed by atoms with Crippen molar-refractivity contribution >= 4 is 17.5 Å². The molecule has 1 aliphatic heterocycles. The lowest BCUT2D eigenvalue weighted by atomic mass is 9.85. The van der Waals surface area contributed by atoms with E-state index in [4.69, 9.17) is 4.74 Å². The minimum atomic E-state index is -4.54. The molecule has 2 aromatic rings. The molecule has 13 heteroatoms. The molecule has 4 rings (SSSR count). The van der Waals surface area contributed by atoms with Gasteiger partial charge in [-0.2, -0.15) is 13.2 Å². The molecule has 0 radical (unpaired) electrons. The minimum absolute atomic E-state index is 0.101. The van der Waals surface area contributed by atoms with E-state index < -0.39 is 12.0 Å². The first-order valence-electron chi connectivity index (χ1n) is 11.0. The fraction of sp³-hybridized carbons (Fsp3) is 0.650. The number of hydrogen-bond donors (Lipinski definition) is 2. The van der Waals surface area contributed by atoms with Gasteiger partial charge in [0.1, 0.15) is 18.2 Å². The number of halogens is 3. The molecular weight excluding hydrogens is 441 g/mol. The van der Waals surface area contributed by atoms with Crippen LogP contribution in [0.25, 0.3) is 0 Å². The molecule has 2 N–H and O–H groups in total. The van der Waals surface area contributed by atoms with Crippen molar-refractivity contribution in [1.82, 2.24) is 30.0 Å². The van der Waals surface area contributed by atoms with Gasteiger partial charge in [-0.15, -0.1) is 10.2 Å². The fourth-order valence-corrected chi connectivity index (χ4v) is 3.82. The molecule has 180 valence electrons. The number of ether oxygens (including phenoxy) is 1. The summed E-state index contributed by atoms with van der Waals surface area (Å²) < 4.78 is 45.5. The van der Waals surface area contributed by atoms with E-state index in [2.05, 4.69) is 30.8 Å². The second-order valence-corrected chi connectivity index (χ2v) is 8.17. The van der Waals surface area contributed by atoms with Gasteiger partial charge in [0.05, 0.1) is 6.54 Å². The zero-order valence-corrected chi connectivity index (χ0v) is 18.4. The molecule has 1 fully saturated rings. The Balaban J connectivity index is 1.38. The number of nitrogens with zero attached hydrogens (tertiary/aromatic N) is 6. The third-order valence-corrected chi connectivity index (χ3v) is 5.80. The zero-order chi connectivity index (χ0) is 23.4. The highest BCUT2D eigenvalue weighted by Gasteiger charge is 2.39. The van der Waals surface area contributed by atoms with Crippen LogP contribution in [0.2, 0.25) is 0 Å². The van der Waals surface area contributed by atoms with Crippen molar-refractivity contribution in [2.75, 3.05) is 37.0 Å². The van der Waals surface area contributed by atoms with Gasteiger partial charge in [-0.25, -0.2) is 9.97 Å². The maximum Gasteiger partial charge on any atom is 0.451 e. The molecular formula is C20H27F3N8O2. The van der Waals surface area contributed by atoms with Crippen LogP contribution in [0.3, 0.4) is 0 Å². The highest BCUT2D eigenvalue weighted by molar-refractivity contribution is 5.79. The summed E-state index contributed by atoms with van der Waals surface area (Å²) in [7, 11) is 1.54. The quantitative estimate of drug-likeness (QED) is 0.538. The number of nitrogens with one attached hydrogen (secondary N) is 2. The number of methoxy groups -OCH3 is 1. The smallest absolute Gasteiger partial charge is 0.377 e. The molecule has 33 heavy (non-hydrogen) atoms. The Hall–Kier alpha value is -2.96. The number of hydrogen-bond acceptors (Lipinski definition) is 8. The lowest BCUT2D eigenvalue weighted by molar-refractivity contribution is -0.147. The number of carbonyl (C=O) groups excluding carboxylic acids is 1. The Morgan fingerprint density at radius 2 is 2.03 bits per heavy atom. The van der Waals surface area contributed by atoms with E-state index in [0.29, 0.717) is 37.1 Å². The van der Waals surface area contributed by atoms with Crippen LogP contribution in [0.4, 0.5) is 24.8 Å². The Morgan fingerprint density at radius 1 is 1.21 bits per heavy atom. The van der Waals surface area contributed by atoms with Crippen molar-refractivity contribution < 1.29 is 22.7 Å². The topological polar surface area (TPSA) is 110 Å². The third-order valence-electron chi connectivity index (χ3n) is 5.80. The summed E-state index contributed by atoms with van der Waals surface area (Å²) in [5.41, 5.74) is 0. The minimum Gasteiger partial charge on any atom is -0.377 e. The van der Waals surface area contributed by atoms with Gasteiger partial charge in [-0.3, -0.25) is 4.79 Å². The molecule has 1 aliphatic carbocycles. The van der Waals surface area contributed by atoms with Gasteiger partial charge in [-0.1, -0.05) is 6.42 Å². The van der Waals surface area contributed by atoms with Crippen molar-refractivity contribution in [1.29, 1.82) is 0 Å². The predicted molar refractivity (Wildman–Crippen MR) is 112 cm³/mol. The largest absolute Gasteiger partial charge is 0.451 e. The van der Waals surface area contributed by atoms with E-state index in [1.54, 1.807) is 6.07 Å². The second kappa shape index (κ2) is 9.89. The van der Waals surface area contributed by atoms with Crippen LogP contribution < -0.4 is 15.5 Å². The summed E-state index contributed by atoms with van der Waals surface area (Å²) in [6.45, 7) is 1.95. The predicted octanol–water partition coefficient (Wildman–Crippen LogP) is 1.97. The van der Waals surface area contributed by atoms with Crippen LogP contribution in [-0.2, 0) is 35.4 Å². The average Bonchev–Trinajstić information content (AvgIpc) is 3.16. The number of amides is 1. The summed E-state index contributed by atoms with van der Waals surface area (Å²) in [6, 6.07) is 1.75. The first-order chi connectivity index (χ1) is 15.8. The molecule has 2 aromatic heterocycles. The van der Waals surface area contributed by atoms with Crippen LogP contribution in [-0.4, -0.2) is 57.4 Å². The van der Waals surface area contributed by atoms with Crippen LogP contribution in [0, 0.1) is 5.92 Å². The number of aromatic nitrogens is 5. The van der Waals surface area contributed by atoms with Crippen LogP contribution >= 0.6 is 0 Å². The van der Waals surface area contributed by atoms with Crippen molar-refractivity contribution in [3.05, 3.63) is 23.5 Å². The average molecular weight is 468 g/mol. The van der Waals surface area contributed by atoms with Gasteiger partial charge in [0.25, 0.3) is 0 Å².